The van der Waals surface area contributed by atoms with Crippen LogP contribution in [0.15, 0.2) is 91.0 Å². The molecular weight excluding hydrogens is 244 g/mol. The maximum Gasteiger partial charge on any atom is 0.154 e. The Labute approximate surface area is 119 Å². The summed E-state index contributed by atoms with van der Waals surface area (Å²) in [7, 11) is 0. The summed E-state index contributed by atoms with van der Waals surface area (Å²) in [5.41, 5.74) is 5.65. The second kappa shape index (κ2) is 6.04. The summed E-state index contributed by atoms with van der Waals surface area (Å²) < 4.78 is 0. The maximum absolute atomic E-state index is 2.20. The molecule has 0 atom stereocenters. The molecule has 2 nitrogen and oxygen atoms in total. The molecular formula is C18H17N2+. The van der Waals surface area contributed by atoms with Crippen LogP contribution >= 0.6 is 0 Å². The minimum absolute atomic E-state index is 1.16. The summed E-state index contributed by atoms with van der Waals surface area (Å²) in [5, 5.41) is 2.20. The Hall–Kier alpha value is -2.58. The Morgan fingerprint density at radius 2 is 0.900 bits per heavy atom. The molecule has 0 aromatic heterocycles. The lowest BCUT2D eigenvalue weighted by atomic mass is 10.2. The Morgan fingerprint density at radius 3 is 1.35 bits per heavy atom. The molecule has 20 heavy (non-hydrogen) atoms. The highest BCUT2D eigenvalue weighted by molar-refractivity contribution is 5.59. The first kappa shape index (κ1) is 12.5. The van der Waals surface area contributed by atoms with Crippen molar-refractivity contribution in [1.82, 2.24) is 0 Å². The van der Waals surface area contributed by atoms with Crippen LogP contribution in [0, 0.1) is 0 Å². The van der Waals surface area contributed by atoms with E-state index in [0.717, 1.165) is 11.4 Å². The van der Waals surface area contributed by atoms with Crippen LogP contribution in [0.2, 0.25) is 0 Å². The van der Waals surface area contributed by atoms with Crippen LogP contribution in [0.1, 0.15) is 0 Å². The maximum atomic E-state index is 2.20. The van der Waals surface area contributed by atoms with E-state index in [1.807, 2.05) is 18.2 Å². The zero-order valence-electron chi connectivity index (χ0n) is 11.2. The molecule has 0 amide bonds. The fourth-order valence-corrected chi connectivity index (χ4v) is 2.16. The number of anilines is 2. The summed E-state index contributed by atoms with van der Waals surface area (Å²) in [4.78, 5) is 0. The van der Waals surface area contributed by atoms with Crippen LogP contribution in [0.3, 0.4) is 0 Å². The minimum atomic E-state index is 1.16. The van der Waals surface area contributed by atoms with Crippen molar-refractivity contribution >= 4 is 17.1 Å². The third kappa shape index (κ3) is 2.87. The van der Waals surface area contributed by atoms with Gasteiger partial charge in [0.15, 0.2) is 5.69 Å². The van der Waals surface area contributed by atoms with Crippen molar-refractivity contribution in [3.63, 3.8) is 0 Å². The van der Waals surface area contributed by atoms with Crippen molar-refractivity contribution in [3.05, 3.63) is 91.0 Å². The smallest absolute Gasteiger partial charge is 0.154 e. The van der Waals surface area contributed by atoms with Crippen molar-refractivity contribution in [2.75, 3.05) is 5.01 Å². The quantitative estimate of drug-likeness (QED) is 0.432. The Morgan fingerprint density at radius 1 is 0.500 bits per heavy atom. The Balaban J connectivity index is 1.96. The largest absolute Gasteiger partial charge is 0.207 e. The van der Waals surface area contributed by atoms with Crippen LogP contribution in [-0.2, 0) is 0 Å². The molecule has 0 unspecified atom stereocenters. The fraction of sp³-hybridized carbons (Fsp3) is 0. The van der Waals surface area contributed by atoms with Gasteiger partial charge < -0.3 is 0 Å². The predicted octanol–water partition coefficient (Wildman–Crippen LogP) is 3.63. The molecule has 0 radical (unpaired) electrons. The van der Waals surface area contributed by atoms with Crippen LogP contribution in [0.25, 0.3) is 0 Å². The van der Waals surface area contributed by atoms with Crippen LogP contribution in [0.5, 0.6) is 0 Å². The molecule has 0 spiro atoms. The fourth-order valence-electron chi connectivity index (χ4n) is 2.16. The average Bonchev–Trinajstić information content (AvgIpc) is 2.55. The van der Waals surface area contributed by atoms with Gasteiger partial charge in [-0.3, -0.25) is 0 Å². The molecule has 0 heterocycles. The van der Waals surface area contributed by atoms with Gasteiger partial charge in [0.2, 0.25) is 0 Å². The van der Waals surface area contributed by atoms with Gasteiger partial charge in [0.25, 0.3) is 0 Å². The molecule has 0 fully saturated rings. The van der Waals surface area contributed by atoms with E-state index in [-0.39, 0.29) is 0 Å². The van der Waals surface area contributed by atoms with Gasteiger partial charge in [0.1, 0.15) is 0 Å². The number of para-hydroxylation sites is 2. The third-order valence-corrected chi connectivity index (χ3v) is 3.15. The SMILES string of the molecule is c1ccc([NH2+]N(c2ccccc2)c2ccccc2)cc1. The zero-order chi connectivity index (χ0) is 13.6. The molecule has 3 aromatic rings. The van der Waals surface area contributed by atoms with E-state index in [1.165, 1.54) is 5.69 Å². The summed E-state index contributed by atoms with van der Waals surface area (Å²) in [5.74, 6) is 0. The van der Waals surface area contributed by atoms with Crippen LogP contribution in [0.4, 0.5) is 17.1 Å². The van der Waals surface area contributed by atoms with E-state index >= 15 is 0 Å². The summed E-state index contributed by atoms with van der Waals surface area (Å²) in [6.07, 6.45) is 0. The standard InChI is InChI=1S/C18H16N2/c1-4-10-16(11-5-1)19-20(17-12-6-2-7-13-17)18-14-8-3-9-15-18/h1-15,19H/p+1. The second-order valence-electron chi connectivity index (χ2n) is 4.58. The lowest BCUT2D eigenvalue weighted by molar-refractivity contribution is -0.575. The number of hydrogen-bond donors (Lipinski definition) is 1. The van der Waals surface area contributed by atoms with E-state index in [9.17, 15) is 0 Å². The monoisotopic (exact) mass is 261 g/mol. The molecule has 0 aliphatic carbocycles. The number of quaternary nitrogens is 1. The highest BCUT2D eigenvalue weighted by Crippen LogP contribution is 2.20. The Kier molecular flexibility index (Phi) is 3.76. The Bertz CT molecular complexity index is 597. The van der Waals surface area contributed by atoms with Crippen molar-refractivity contribution in [3.8, 4) is 0 Å². The highest BCUT2D eigenvalue weighted by Gasteiger charge is 2.12. The summed E-state index contributed by atoms with van der Waals surface area (Å²) in [6.45, 7) is 0. The van der Waals surface area contributed by atoms with E-state index in [1.54, 1.807) is 0 Å². The number of hydrogen-bond acceptors (Lipinski definition) is 1. The summed E-state index contributed by atoms with van der Waals surface area (Å²) in [6, 6.07) is 31.1. The molecule has 0 bridgehead atoms. The lowest BCUT2D eigenvalue weighted by Crippen LogP contribution is -2.88. The number of rotatable bonds is 4. The third-order valence-electron chi connectivity index (χ3n) is 3.15. The molecule has 0 aliphatic rings. The molecule has 0 saturated heterocycles. The topological polar surface area (TPSA) is 19.9 Å². The van der Waals surface area contributed by atoms with Crippen LogP contribution < -0.4 is 10.4 Å². The first-order valence-corrected chi connectivity index (χ1v) is 6.73. The predicted molar refractivity (Wildman–Crippen MR) is 83.1 cm³/mol. The van der Waals surface area contributed by atoms with Gasteiger partial charge >= 0.3 is 0 Å². The highest BCUT2D eigenvalue weighted by atomic mass is 15.5. The van der Waals surface area contributed by atoms with E-state index < -0.39 is 0 Å². The summed E-state index contributed by atoms with van der Waals surface area (Å²) >= 11 is 0. The molecule has 2 heteroatoms. The molecule has 98 valence electrons. The molecule has 2 N–H and O–H groups in total. The van der Waals surface area contributed by atoms with Gasteiger partial charge in [-0.15, -0.1) is 0 Å². The minimum Gasteiger partial charge on any atom is -0.207 e. The average molecular weight is 261 g/mol. The van der Waals surface area contributed by atoms with Gasteiger partial charge in [0, 0.05) is 12.1 Å². The zero-order valence-corrected chi connectivity index (χ0v) is 11.2. The second-order valence-corrected chi connectivity index (χ2v) is 4.58. The number of nitrogens with zero attached hydrogens (tertiary/aromatic N) is 1. The van der Waals surface area contributed by atoms with E-state index in [4.69, 9.17) is 0 Å². The van der Waals surface area contributed by atoms with Crippen molar-refractivity contribution in [2.45, 2.75) is 0 Å². The van der Waals surface area contributed by atoms with Gasteiger partial charge in [-0.2, -0.15) is 5.01 Å². The molecule has 3 aromatic carbocycles. The lowest BCUT2D eigenvalue weighted by Gasteiger charge is -2.21. The van der Waals surface area contributed by atoms with Gasteiger partial charge in [-0.1, -0.05) is 54.6 Å². The van der Waals surface area contributed by atoms with Crippen molar-refractivity contribution in [1.29, 1.82) is 0 Å². The molecule has 3 rings (SSSR count). The van der Waals surface area contributed by atoms with Gasteiger partial charge in [-0.25, -0.2) is 5.43 Å². The van der Waals surface area contributed by atoms with Crippen molar-refractivity contribution in [2.24, 2.45) is 0 Å². The van der Waals surface area contributed by atoms with Crippen LogP contribution in [-0.4, -0.2) is 0 Å². The molecule has 0 saturated carbocycles. The normalized spacial score (nSPS) is 10.2. The van der Waals surface area contributed by atoms with Gasteiger partial charge in [0.05, 0.1) is 11.4 Å². The van der Waals surface area contributed by atoms with E-state index in [0.29, 0.717) is 0 Å². The molecule has 0 aliphatic heterocycles. The van der Waals surface area contributed by atoms with Gasteiger partial charge in [-0.05, 0) is 24.3 Å². The number of nitrogens with two attached hydrogens (primary N) is 1. The first-order chi connectivity index (χ1) is 9.93. The van der Waals surface area contributed by atoms with E-state index in [2.05, 4.69) is 83.2 Å². The first-order valence-electron chi connectivity index (χ1n) is 6.73. The number of benzene rings is 3. The van der Waals surface area contributed by atoms with Crippen molar-refractivity contribution < 1.29 is 5.43 Å².